The predicted octanol–water partition coefficient (Wildman–Crippen LogP) is 9.33. The molecular weight excluding hydrogens is 691 g/mol. The van der Waals surface area contributed by atoms with Crippen molar-refractivity contribution in [1.82, 2.24) is 15.5 Å². The van der Waals surface area contributed by atoms with Gasteiger partial charge in [0, 0.05) is 31.5 Å². The van der Waals surface area contributed by atoms with Crippen molar-refractivity contribution in [2.75, 3.05) is 26.7 Å². The quantitative estimate of drug-likeness (QED) is 0.0584. The van der Waals surface area contributed by atoms with Crippen LogP contribution in [0.4, 0.5) is 4.79 Å². The number of urea groups is 1. The van der Waals surface area contributed by atoms with Gasteiger partial charge in [-0.2, -0.15) is 0 Å². The Morgan fingerprint density at radius 2 is 1.33 bits per heavy atom. The Morgan fingerprint density at radius 3 is 1.93 bits per heavy atom. The normalized spacial score (nSPS) is 17.5. The number of unbranched alkanes of at least 4 members (excludes halogenated alkanes) is 10. The van der Waals surface area contributed by atoms with E-state index in [1.54, 1.807) is 0 Å². The van der Waals surface area contributed by atoms with Gasteiger partial charge in [0.15, 0.2) is 6.29 Å². The number of ether oxygens (including phenoxy) is 3. The van der Waals surface area contributed by atoms with Gasteiger partial charge in [-0.05, 0) is 48.2 Å². The van der Waals surface area contributed by atoms with Crippen LogP contribution in [-0.2, 0) is 38.6 Å². The third-order valence-corrected chi connectivity index (χ3v) is 10.5. The Morgan fingerprint density at radius 1 is 0.745 bits per heavy atom. The zero-order valence-electron chi connectivity index (χ0n) is 33.7. The smallest absolute Gasteiger partial charge is 0.328 e. The van der Waals surface area contributed by atoms with Crippen molar-refractivity contribution in [3.8, 4) is 0 Å². The largest absolute Gasteiger partial charge is 0.467 e. The van der Waals surface area contributed by atoms with Crippen molar-refractivity contribution in [3.05, 3.63) is 107 Å². The summed E-state index contributed by atoms with van der Waals surface area (Å²) in [6, 6.07) is 24.3. The summed E-state index contributed by atoms with van der Waals surface area (Å²) >= 11 is 0. The van der Waals surface area contributed by atoms with Crippen LogP contribution in [0.5, 0.6) is 0 Å². The van der Waals surface area contributed by atoms with Crippen molar-refractivity contribution in [3.63, 3.8) is 0 Å². The molecule has 0 radical (unpaired) electrons. The van der Waals surface area contributed by atoms with E-state index < -0.39 is 24.3 Å². The molecule has 3 aromatic rings. The second kappa shape index (κ2) is 25.4. The predicted molar refractivity (Wildman–Crippen MR) is 219 cm³/mol. The van der Waals surface area contributed by atoms with Crippen molar-refractivity contribution in [1.29, 1.82) is 0 Å². The molecule has 1 heterocycles. The maximum absolute atomic E-state index is 12.8. The molecule has 0 unspecified atom stereocenters. The van der Waals surface area contributed by atoms with E-state index in [1.165, 1.54) is 84.2 Å². The number of aliphatic hydroxyl groups is 1. The molecule has 302 valence electrons. The highest BCUT2D eigenvalue weighted by Gasteiger charge is 2.33. The van der Waals surface area contributed by atoms with Crippen molar-refractivity contribution >= 4 is 12.0 Å². The lowest BCUT2D eigenvalue weighted by atomic mass is 9.99. The third-order valence-electron chi connectivity index (χ3n) is 10.5. The standard InChI is InChI=1S/C46H67N3O6/c1-4-6-8-10-12-17-29-49(30-18-13-11-9-7-5-2)34-41-32-43(39-25-23-38(35-50)24-26-39)55-45(54-41)40-27-21-37(22-28-40)33-47-46(52)48-42(44(51)53-3)31-36-19-15-14-16-20-36/h14-16,19-28,41-43,45,50H,4-13,17-18,29-35H2,1-3H3,(H2,47,48,52)/t41-,42+,43+,45+/m1/s1. The zero-order valence-corrected chi connectivity index (χ0v) is 33.7. The average molecular weight is 758 g/mol. The monoisotopic (exact) mass is 758 g/mol. The highest BCUT2D eigenvalue weighted by atomic mass is 16.7. The number of benzene rings is 3. The molecule has 0 spiro atoms. The van der Waals surface area contributed by atoms with Crippen LogP contribution in [0, 0.1) is 0 Å². The number of hydrogen-bond acceptors (Lipinski definition) is 7. The molecule has 9 heteroatoms. The molecule has 3 N–H and O–H groups in total. The van der Waals surface area contributed by atoms with Gasteiger partial charge in [-0.3, -0.25) is 0 Å². The van der Waals surface area contributed by atoms with Crippen LogP contribution in [0.3, 0.4) is 0 Å². The molecule has 1 aliphatic rings. The van der Waals surface area contributed by atoms with Gasteiger partial charge >= 0.3 is 12.0 Å². The molecule has 9 nitrogen and oxygen atoms in total. The Balaban J connectivity index is 1.40. The van der Waals surface area contributed by atoms with Crippen LogP contribution in [0.1, 0.15) is 138 Å². The van der Waals surface area contributed by atoms with E-state index in [9.17, 15) is 14.7 Å². The summed E-state index contributed by atoms with van der Waals surface area (Å²) < 4.78 is 18.4. The first kappa shape index (κ1) is 44.0. The van der Waals surface area contributed by atoms with Crippen LogP contribution in [0.15, 0.2) is 78.9 Å². The molecule has 4 rings (SSSR count). The lowest BCUT2D eigenvalue weighted by Crippen LogP contribution is -2.47. The van der Waals surface area contributed by atoms with E-state index in [0.29, 0.717) is 6.42 Å². The second-order valence-corrected chi connectivity index (χ2v) is 15.0. The molecule has 3 aromatic carbocycles. The van der Waals surface area contributed by atoms with Gasteiger partial charge in [0.2, 0.25) is 0 Å². The Bertz CT molecular complexity index is 1470. The number of carbonyl (C=O) groups excluding carboxylic acids is 2. The van der Waals surface area contributed by atoms with Gasteiger partial charge in [-0.15, -0.1) is 0 Å². The second-order valence-electron chi connectivity index (χ2n) is 15.0. The van der Waals surface area contributed by atoms with E-state index in [0.717, 1.165) is 53.9 Å². The van der Waals surface area contributed by atoms with Gasteiger partial charge in [-0.25, -0.2) is 9.59 Å². The lowest BCUT2D eigenvalue weighted by Gasteiger charge is -2.38. The molecule has 4 atom stereocenters. The first-order valence-electron chi connectivity index (χ1n) is 20.9. The summed E-state index contributed by atoms with van der Waals surface area (Å²) in [5.41, 5.74) is 4.71. The first-order chi connectivity index (χ1) is 26.9. The molecule has 2 amide bonds. The molecule has 0 bridgehead atoms. The van der Waals surface area contributed by atoms with Crippen LogP contribution in [0.2, 0.25) is 0 Å². The van der Waals surface area contributed by atoms with E-state index in [2.05, 4.69) is 41.5 Å². The highest BCUT2D eigenvalue weighted by Crippen LogP contribution is 2.38. The van der Waals surface area contributed by atoms with E-state index in [4.69, 9.17) is 14.2 Å². The molecular formula is C46H67N3O6. The van der Waals surface area contributed by atoms with Gasteiger partial charge < -0.3 is 34.9 Å². The number of methoxy groups -OCH3 is 1. The number of hydrogen-bond donors (Lipinski definition) is 3. The van der Waals surface area contributed by atoms with Crippen molar-refractivity contribution < 1.29 is 28.9 Å². The van der Waals surface area contributed by atoms with Gasteiger partial charge in [0.25, 0.3) is 0 Å². The van der Waals surface area contributed by atoms with E-state index >= 15 is 0 Å². The number of nitrogens with zero attached hydrogens (tertiary/aromatic N) is 1. The fraction of sp³-hybridized carbons (Fsp3) is 0.565. The molecule has 55 heavy (non-hydrogen) atoms. The first-order valence-corrected chi connectivity index (χ1v) is 20.9. The average Bonchev–Trinajstić information content (AvgIpc) is 3.22. The maximum atomic E-state index is 12.8. The number of nitrogens with one attached hydrogen (secondary N) is 2. The molecule has 0 aliphatic carbocycles. The zero-order chi connectivity index (χ0) is 39.1. The highest BCUT2D eigenvalue weighted by molar-refractivity contribution is 5.83. The van der Waals surface area contributed by atoms with Gasteiger partial charge in [-0.1, -0.05) is 157 Å². The van der Waals surface area contributed by atoms with Gasteiger partial charge in [0.05, 0.1) is 25.9 Å². The third kappa shape index (κ3) is 16.1. The summed E-state index contributed by atoms with van der Waals surface area (Å²) in [5.74, 6) is -0.496. The topological polar surface area (TPSA) is 109 Å². The summed E-state index contributed by atoms with van der Waals surface area (Å²) in [5, 5.41) is 15.3. The number of aliphatic hydroxyl groups excluding tert-OH is 1. The van der Waals surface area contributed by atoms with E-state index in [1.807, 2.05) is 66.7 Å². The van der Waals surface area contributed by atoms with Crippen LogP contribution in [-0.4, -0.2) is 60.9 Å². The summed E-state index contributed by atoms with van der Waals surface area (Å²) in [6.07, 6.45) is 15.8. The van der Waals surface area contributed by atoms with Crippen LogP contribution in [0.25, 0.3) is 0 Å². The van der Waals surface area contributed by atoms with Gasteiger partial charge in [0.1, 0.15) is 6.04 Å². The number of carbonyl (C=O) groups is 2. The minimum Gasteiger partial charge on any atom is -0.467 e. The van der Waals surface area contributed by atoms with Crippen LogP contribution < -0.4 is 10.6 Å². The Labute approximate surface area is 330 Å². The van der Waals surface area contributed by atoms with Crippen molar-refractivity contribution in [2.24, 2.45) is 0 Å². The van der Waals surface area contributed by atoms with E-state index in [-0.39, 0.29) is 25.4 Å². The van der Waals surface area contributed by atoms with Crippen molar-refractivity contribution in [2.45, 2.75) is 141 Å². The Kier molecular flexibility index (Phi) is 20.3. The minimum absolute atomic E-state index is 0.00836. The molecule has 0 saturated carbocycles. The number of amides is 2. The maximum Gasteiger partial charge on any atom is 0.328 e. The number of rotatable bonds is 25. The number of esters is 1. The minimum atomic E-state index is -0.802. The molecule has 1 aliphatic heterocycles. The molecule has 1 fully saturated rings. The summed E-state index contributed by atoms with van der Waals surface area (Å²) in [7, 11) is 1.32. The fourth-order valence-corrected chi connectivity index (χ4v) is 7.22. The summed E-state index contributed by atoms with van der Waals surface area (Å²) in [4.78, 5) is 27.9. The molecule has 1 saturated heterocycles. The lowest BCUT2D eigenvalue weighted by molar-refractivity contribution is -0.253. The molecule has 0 aromatic heterocycles. The fourth-order valence-electron chi connectivity index (χ4n) is 7.22. The van der Waals surface area contributed by atoms with Crippen LogP contribution >= 0.6 is 0 Å². The Hall–Kier alpha value is -3.76. The SMILES string of the molecule is CCCCCCCCN(CCCCCCCC)C[C@H]1C[C@@H](c2ccc(CO)cc2)O[C@@H](c2ccc(CNC(=O)N[C@@H](Cc3ccccc3)C(=O)OC)cc2)O1. The summed E-state index contributed by atoms with van der Waals surface area (Å²) in [6.45, 7) is 7.86.